The molecule has 0 amide bonds. The molecule has 1 aliphatic heterocycles. The Morgan fingerprint density at radius 2 is 0.870 bits per heavy atom. The van der Waals surface area contributed by atoms with Gasteiger partial charge in [0.05, 0.1) is 46.2 Å². The topological polar surface area (TPSA) is 78.9 Å². The first-order valence-electron chi connectivity index (χ1n) is 18.6. The van der Waals surface area contributed by atoms with Crippen LogP contribution in [0.25, 0.3) is 0 Å². The normalized spacial score (nSPS) is 21.0. The smallest absolute Gasteiger partial charge is 0.258 e. The van der Waals surface area contributed by atoms with E-state index in [4.69, 9.17) is 28.4 Å². The van der Waals surface area contributed by atoms with E-state index in [2.05, 4.69) is 62.4 Å². The molecular weight excluding hydrogens is 679 g/mol. The van der Waals surface area contributed by atoms with Gasteiger partial charge in [-0.15, -0.1) is 0 Å². The van der Waals surface area contributed by atoms with Crippen LogP contribution in [0.15, 0.2) is 140 Å². The van der Waals surface area contributed by atoms with Gasteiger partial charge in [0.15, 0.2) is 6.10 Å². The molecule has 5 aromatic carbocycles. The fourth-order valence-electron chi connectivity index (χ4n) is 6.66. The third-order valence-electron chi connectivity index (χ3n) is 9.78. The highest BCUT2D eigenvalue weighted by molar-refractivity contribution is 5.22. The van der Waals surface area contributed by atoms with Crippen LogP contribution in [0.1, 0.15) is 38.9 Å². The second kappa shape index (κ2) is 18.9. The highest BCUT2D eigenvalue weighted by atomic mass is 16.7. The predicted octanol–water partition coefficient (Wildman–Crippen LogP) is 7.77. The van der Waals surface area contributed by atoms with Gasteiger partial charge in [0.25, 0.3) is 5.91 Å². The molecule has 0 saturated carbocycles. The van der Waals surface area contributed by atoms with Gasteiger partial charge >= 0.3 is 0 Å². The Hall–Kier alpha value is -4.22. The largest absolute Gasteiger partial charge is 0.374 e. The standard InChI is InChI=1S/C46H53NO7/c1-35-20-24-40(25-21-35)28-49-33-45(34-50-29-41-26-22-36(2)23-27-41)43(52-31-38-16-10-6-11-17-38)42(51-30-37-14-8-5-9-15-37)44(46(48,54-45)47(3)4)53-32-39-18-12-7-13-19-39/h5-27,42-44,48H,28-34H2,1-4H3/t42-,43-,44+,46?/m0/s1. The highest BCUT2D eigenvalue weighted by Gasteiger charge is 2.64. The number of aliphatic hydroxyl groups is 1. The molecule has 0 aromatic heterocycles. The van der Waals surface area contributed by atoms with Gasteiger partial charge in [-0.3, -0.25) is 4.90 Å². The molecule has 6 rings (SSSR count). The lowest BCUT2D eigenvalue weighted by atomic mass is 9.85. The Balaban J connectivity index is 1.41. The number of rotatable bonds is 18. The minimum Gasteiger partial charge on any atom is -0.374 e. The van der Waals surface area contributed by atoms with Crippen molar-refractivity contribution in [1.82, 2.24) is 4.90 Å². The summed E-state index contributed by atoms with van der Waals surface area (Å²) < 4.78 is 40.7. The molecule has 8 nitrogen and oxygen atoms in total. The van der Waals surface area contributed by atoms with Gasteiger partial charge < -0.3 is 33.5 Å². The third-order valence-corrected chi connectivity index (χ3v) is 9.78. The molecule has 1 fully saturated rings. The van der Waals surface area contributed by atoms with Crippen LogP contribution in [-0.2, 0) is 61.5 Å². The molecule has 0 radical (unpaired) electrons. The molecule has 54 heavy (non-hydrogen) atoms. The summed E-state index contributed by atoms with van der Waals surface area (Å²) in [6, 6.07) is 46.3. The summed E-state index contributed by atoms with van der Waals surface area (Å²) in [6.07, 6.45) is -2.68. The van der Waals surface area contributed by atoms with E-state index < -0.39 is 29.8 Å². The van der Waals surface area contributed by atoms with Gasteiger partial charge in [0.1, 0.15) is 17.8 Å². The Morgan fingerprint density at radius 3 is 1.28 bits per heavy atom. The van der Waals surface area contributed by atoms with Crippen LogP contribution in [0.3, 0.4) is 0 Å². The second-order valence-corrected chi connectivity index (χ2v) is 14.4. The molecular formula is C46H53NO7. The fraction of sp³-hybridized carbons (Fsp3) is 0.348. The molecule has 0 spiro atoms. The van der Waals surface area contributed by atoms with Crippen molar-refractivity contribution in [3.63, 3.8) is 0 Å². The van der Waals surface area contributed by atoms with E-state index in [-0.39, 0.29) is 33.0 Å². The third kappa shape index (κ3) is 10.3. The molecule has 5 aromatic rings. The summed E-state index contributed by atoms with van der Waals surface area (Å²) in [5.74, 6) is -1.98. The summed E-state index contributed by atoms with van der Waals surface area (Å²) in [5, 5.41) is 12.8. The minimum absolute atomic E-state index is 0.0288. The zero-order chi connectivity index (χ0) is 37.8. The zero-order valence-electron chi connectivity index (χ0n) is 31.8. The van der Waals surface area contributed by atoms with E-state index in [1.54, 1.807) is 19.0 Å². The molecule has 0 bridgehead atoms. The van der Waals surface area contributed by atoms with Gasteiger partial charge in [0.2, 0.25) is 0 Å². The zero-order valence-corrected chi connectivity index (χ0v) is 31.8. The fourth-order valence-corrected chi connectivity index (χ4v) is 6.66. The van der Waals surface area contributed by atoms with E-state index in [0.29, 0.717) is 13.2 Å². The lowest BCUT2D eigenvalue weighted by molar-refractivity contribution is -0.442. The van der Waals surface area contributed by atoms with E-state index in [0.717, 1.165) is 27.8 Å². The van der Waals surface area contributed by atoms with Crippen molar-refractivity contribution < 1.29 is 33.5 Å². The summed E-state index contributed by atoms with van der Waals surface area (Å²) in [7, 11) is 3.53. The van der Waals surface area contributed by atoms with Crippen molar-refractivity contribution in [2.45, 2.75) is 76.7 Å². The first kappa shape index (κ1) is 39.5. The van der Waals surface area contributed by atoms with Crippen molar-refractivity contribution in [2.24, 2.45) is 0 Å². The summed E-state index contributed by atoms with van der Waals surface area (Å²) in [4.78, 5) is 1.63. The number of hydrogen-bond donors (Lipinski definition) is 1. The van der Waals surface area contributed by atoms with Crippen LogP contribution in [0.5, 0.6) is 0 Å². The molecule has 1 unspecified atom stereocenters. The van der Waals surface area contributed by atoms with E-state index in [9.17, 15) is 5.11 Å². The lowest BCUT2D eigenvalue weighted by Gasteiger charge is -2.57. The summed E-state index contributed by atoms with van der Waals surface area (Å²) >= 11 is 0. The molecule has 1 aliphatic rings. The van der Waals surface area contributed by atoms with Crippen molar-refractivity contribution in [3.05, 3.63) is 178 Å². The maximum atomic E-state index is 12.8. The number of aryl methyl sites for hydroxylation is 2. The van der Waals surface area contributed by atoms with Crippen LogP contribution < -0.4 is 0 Å². The Labute approximate surface area is 320 Å². The molecule has 8 heteroatoms. The molecule has 284 valence electrons. The first-order valence-corrected chi connectivity index (χ1v) is 18.6. The van der Waals surface area contributed by atoms with E-state index in [1.165, 1.54) is 11.1 Å². The van der Waals surface area contributed by atoms with E-state index in [1.807, 2.05) is 91.0 Å². The van der Waals surface area contributed by atoms with E-state index >= 15 is 0 Å². The average molecular weight is 732 g/mol. The van der Waals surface area contributed by atoms with Crippen LogP contribution >= 0.6 is 0 Å². The number of likely N-dealkylation sites (N-methyl/N-ethyl adjacent to an activating group) is 1. The van der Waals surface area contributed by atoms with Crippen molar-refractivity contribution in [3.8, 4) is 0 Å². The van der Waals surface area contributed by atoms with Crippen molar-refractivity contribution >= 4 is 0 Å². The van der Waals surface area contributed by atoms with Crippen molar-refractivity contribution in [2.75, 3.05) is 27.3 Å². The Morgan fingerprint density at radius 1 is 0.500 bits per heavy atom. The minimum atomic E-state index is -1.98. The van der Waals surface area contributed by atoms with Gasteiger partial charge in [-0.25, -0.2) is 0 Å². The SMILES string of the molecule is Cc1ccc(COCC2(COCc3ccc(C)cc3)OC(O)(N(C)C)[C@H](OCc3ccccc3)[C@@H](OCc3ccccc3)[C@@H]2OCc2ccccc2)cc1. The van der Waals surface area contributed by atoms with Gasteiger partial charge in [-0.2, -0.15) is 0 Å². The lowest BCUT2D eigenvalue weighted by Crippen LogP contribution is -2.77. The van der Waals surface area contributed by atoms with Crippen LogP contribution in [-0.4, -0.2) is 67.1 Å². The van der Waals surface area contributed by atoms with Gasteiger partial charge in [-0.05, 0) is 55.8 Å². The number of nitrogens with zero attached hydrogens (tertiary/aromatic N) is 1. The second-order valence-electron chi connectivity index (χ2n) is 14.4. The monoisotopic (exact) mass is 731 g/mol. The van der Waals surface area contributed by atoms with Gasteiger partial charge in [-0.1, -0.05) is 151 Å². The number of ether oxygens (including phenoxy) is 6. The molecule has 1 heterocycles. The summed E-state index contributed by atoms with van der Waals surface area (Å²) in [5.41, 5.74) is 5.89. The molecule has 4 atom stereocenters. The maximum absolute atomic E-state index is 12.8. The molecule has 0 aliphatic carbocycles. The predicted molar refractivity (Wildman–Crippen MR) is 209 cm³/mol. The first-order chi connectivity index (χ1) is 26.2. The molecule has 1 saturated heterocycles. The highest BCUT2D eigenvalue weighted by Crippen LogP contribution is 2.43. The quantitative estimate of drug-likeness (QED) is 0.0917. The van der Waals surface area contributed by atoms with Crippen molar-refractivity contribution in [1.29, 1.82) is 0 Å². The van der Waals surface area contributed by atoms with Crippen LogP contribution in [0, 0.1) is 13.8 Å². The van der Waals surface area contributed by atoms with Gasteiger partial charge in [0, 0.05) is 0 Å². The summed E-state index contributed by atoms with van der Waals surface area (Å²) in [6.45, 7) is 5.52. The Kier molecular flexibility index (Phi) is 13.8. The number of hydrogen-bond acceptors (Lipinski definition) is 8. The maximum Gasteiger partial charge on any atom is 0.258 e. The van der Waals surface area contributed by atoms with Crippen LogP contribution in [0.4, 0.5) is 0 Å². The van der Waals surface area contributed by atoms with Crippen LogP contribution in [0.2, 0.25) is 0 Å². The number of benzene rings is 5. The Bertz CT molecular complexity index is 1770. The molecule has 1 N–H and O–H groups in total. The average Bonchev–Trinajstić information content (AvgIpc) is 3.19.